The van der Waals surface area contributed by atoms with Crippen molar-refractivity contribution in [1.29, 1.82) is 0 Å². The Kier molecular flexibility index (Phi) is 3.75. The minimum absolute atomic E-state index is 0.757. The highest BCUT2D eigenvalue weighted by Crippen LogP contribution is 2.26. The highest BCUT2D eigenvalue weighted by atomic mass is 35.5. The Morgan fingerprint density at radius 1 is 1.12 bits per heavy atom. The van der Waals surface area contributed by atoms with Crippen LogP contribution in [0.4, 0.5) is 0 Å². The van der Waals surface area contributed by atoms with E-state index in [-0.39, 0.29) is 0 Å². The van der Waals surface area contributed by atoms with Crippen LogP contribution in [-0.4, -0.2) is 11.5 Å². The maximum atomic E-state index is 6.13. The second-order valence-electron chi connectivity index (χ2n) is 3.87. The van der Waals surface area contributed by atoms with Gasteiger partial charge in [0.15, 0.2) is 0 Å². The van der Waals surface area contributed by atoms with Gasteiger partial charge in [0.25, 0.3) is 0 Å². The van der Waals surface area contributed by atoms with E-state index in [9.17, 15) is 0 Å². The first-order valence-electron chi connectivity index (χ1n) is 5.54. The van der Waals surface area contributed by atoms with Gasteiger partial charge in [-0.1, -0.05) is 17.7 Å². The Labute approximate surface area is 100 Å². The number of aromatic nitrogens is 1. The molecule has 2 rings (SSSR count). The lowest BCUT2D eigenvalue weighted by atomic mass is 10.0. The van der Waals surface area contributed by atoms with Crippen LogP contribution < -0.4 is 5.73 Å². The van der Waals surface area contributed by atoms with Crippen LogP contribution in [0.3, 0.4) is 0 Å². The summed E-state index contributed by atoms with van der Waals surface area (Å²) in [5, 5.41) is 3.01. The van der Waals surface area contributed by atoms with Crippen molar-refractivity contribution in [2.45, 2.75) is 19.3 Å². The zero-order chi connectivity index (χ0) is 11.4. The van der Waals surface area contributed by atoms with Gasteiger partial charge in [0.05, 0.1) is 0 Å². The van der Waals surface area contributed by atoms with Gasteiger partial charge in [0, 0.05) is 22.8 Å². The number of hydrogen-bond acceptors (Lipinski definition) is 2. The van der Waals surface area contributed by atoms with E-state index in [1.807, 2.05) is 24.5 Å². The zero-order valence-corrected chi connectivity index (χ0v) is 9.87. The summed E-state index contributed by atoms with van der Waals surface area (Å²) in [6, 6.07) is 6.07. The van der Waals surface area contributed by atoms with Gasteiger partial charge in [0.2, 0.25) is 0 Å². The summed E-state index contributed by atoms with van der Waals surface area (Å²) in [5.74, 6) is 0. The smallest absolute Gasteiger partial charge is 0.0500 e. The van der Waals surface area contributed by atoms with Crippen molar-refractivity contribution in [3.05, 3.63) is 41.2 Å². The third-order valence-corrected chi connectivity index (χ3v) is 3.09. The quantitative estimate of drug-likeness (QED) is 0.826. The fourth-order valence-corrected chi connectivity index (χ4v) is 2.11. The van der Waals surface area contributed by atoms with Gasteiger partial charge in [-0.2, -0.15) is 0 Å². The first kappa shape index (κ1) is 11.4. The number of rotatable bonds is 4. The minimum atomic E-state index is 0.757. The molecule has 0 radical (unpaired) electrons. The number of halogens is 1. The molecular weight excluding hydrogens is 220 g/mol. The molecule has 0 aliphatic heterocycles. The lowest BCUT2D eigenvalue weighted by Gasteiger charge is -2.07. The molecule has 0 fully saturated rings. The molecule has 0 spiro atoms. The van der Waals surface area contributed by atoms with Crippen LogP contribution >= 0.6 is 11.6 Å². The Morgan fingerprint density at radius 3 is 2.81 bits per heavy atom. The predicted molar refractivity (Wildman–Crippen MR) is 68.7 cm³/mol. The largest absolute Gasteiger partial charge is 0.330 e. The molecule has 1 aromatic heterocycles. The van der Waals surface area contributed by atoms with Gasteiger partial charge in [-0.15, -0.1) is 0 Å². The molecule has 0 aliphatic carbocycles. The molecule has 0 atom stereocenters. The summed E-state index contributed by atoms with van der Waals surface area (Å²) in [4.78, 5) is 4.11. The van der Waals surface area contributed by atoms with Crippen molar-refractivity contribution in [2.24, 2.45) is 5.73 Å². The summed E-state index contributed by atoms with van der Waals surface area (Å²) < 4.78 is 0. The highest BCUT2D eigenvalue weighted by molar-refractivity contribution is 6.35. The summed E-state index contributed by atoms with van der Waals surface area (Å²) >= 11 is 6.13. The molecule has 3 heteroatoms. The van der Waals surface area contributed by atoms with Crippen LogP contribution in [-0.2, 0) is 6.42 Å². The normalized spacial score (nSPS) is 10.9. The number of nitrogens with zero attached hydrogens (tertiary/aromatic N) is 1. The Morgan fingerprint density at radius 2 is 2.00 bits per heavy atom. The molecule has 1 heterocycles. The van der Waals surface area contributed by atoms with Gasteiger partial charge in [-0.05, 0) is 48.9 Å². The van der Waals surface area contributed by atoms with Crippen LogP contribution in [0.2, 0.25) is 5.02 Å². The van der Waals surface area contributed by atoms with Crippen LogP contribution in [0.5, 0.6) is 0 Å². The Hall–Kier alpha value is -1.12. The average molecular weight is 235 g/mol. The molecule has 0 saturated carbocycles. The molecule has 0 bridgehead atoms. The second kappa shape index (κ2) is 5.28. The topological polar surface area (TPSA) is 38.9 Å². The molecule has 0 unspecified atom stereocenters. The predicted octanol–water partition coefficient (Wildman–Crippen LogP) is 3.17. The zero-order valence-electron chi connectivity index (χ0n) is 9.12. The fraction of sp³-hybridized carbons (Fsp3) is 0.308. The maximum Gasteiger partial charge on any atom is 0.0500 e. The standard InChI is InChI=1S/C13H15ClN2/c14-13-5-4-10(3-1-2-7-15)11-6-8-16-9-12(11)13/h4-6,8-9H,1-3,7,15H2. The lowest BCUT2D eigenvalue weighted by molar-refractivity contribution is 0.747. The van der Waals surface area contributed by atoms with E-state index in [1.54, 1.807) is 0 Å². The minimum Gasteiger partial charge on any atom is -0.330 e. The number of unbranched alkanes of at least 4 members (excludes halogenated alkanes) is 1. The first-order chi connectivity index (χ1) is 7.83. The number of nitrogens with two attached hydrogens (primary N) is 1. The van der Waals surface area contributed by atoms with Crippen molar-refractivity contribution in [2.75, 3.05) is 6.54 Å². The summed E-state index contributed by atoms with van der Waals surface area (Å²) in [6.07, 6.45) is 6.87. The van der Waals surface area contributed by atoms with Crippen molar-refractivity contribution in [1.82, 2.24) is 4.98 Å². The molecule has 2 N–H and O–H groups in total. The van der Waals surface area contributed by atoms with Gasteiger partial charge in [-0.3, -0.25) is 4.98 Å². The maximum absolute atomic E-state index is 6.13. The van der Waals surface area contributed by atoms with Crippen LogP contribution in [0, 0.1) is 0 Å². The van der Waals surface area contributed by atoms with E-state index in [0.29, 0.717) is 0 Å². The Bertz CT molecular complexity index is 482. The van der Waals surface area contributed by atoms with E-state index in [1.165, 1.54) is 10.9 Å². The average Bonchev–Trinajstić information content (AvgIpc) is 2.33. The second-order valence-corrected chi connectivity index (χ2v) is 4.28. The van der Waals surface area contributed by atoms with Crippen LogP contribution in [0.25, 0.3) is 10.8 Å². The van der Waals surface area contributed by atoms with Crippen molar-refractivity contribution >= 4 is 22.4 Å². The van der Waals surface area contributed by atoms with Crippen LogP contribution in [0.1, 0.15) is 18.4 Å². The van der Waals surface area contributed by atoms with E-state index < -0.39 is 0 Å². The summed E-state index contributed by atoms with van der Waals surface area (Å²) in [5.41, 5.74) is 6.83. The van der Waals surface area contributed by atoms with Gasteiger partial charge < -0.3 is 5.73 Å². The lowest BCUT2D eigenvalue weighted by Crippen LogP contribution is -1.99. The molecule has 1 aromatic carbocycles. The molecule has 84 valence electrons. The van der Waals surface area contributed by atoms with Crippen LogP contribution in [0.15, 0.2) is 30.6 Å². The van der Waals surface area contributed by atoms with Gasteiger partial charge in [0.1, 0.15) is 0 Å². The van der Waals surface area contributed by atoms with Gasteiger partial charge >= 0.3 is 0 Å². The summed E-state index contributed by atoms with van der Waals surface area (Å²) in [7, 11) is 0. The number of fused-ring (bicyclic) bond motifs is 1. The van der Waals surface area contributed by atoms with E-state index in [0.717, 1.165) is 36.2 Å². The third-order valence-electron chi connectivity index (χ3n) is 2.76. The monoisotopic (exact) mass is 234 g/mol. The van der Waals surface area contributed by atoms with Crippen molar-refractivity contribution < 1.29 is 0 Å². The molecule has 0 saturated heterocycles. The first-order valence-corrected chi connectivity index (χ1v) is 5.92. The molecule has 2 aromatic rings. The van der Waals surface area contributed by atoms with Crippen molar-refractivity contribution in [3.63, 3.8) is 0 Å². The SMILES string of the molecule is NCCCCc1ccc(Cl)c2cnccc12. The molecular formula is C13H15ClN2. The number of hydrogen-bond donors (Lipinski definition) is 1. The number of pyridine rings is 1. The number of benzene rings is 1. The van der Waals surface area contributed by atoms with E-state index in [4.69, 9.17) is 17.3 Å². The van der Waals surface area contributed by atoms with Gasteiger partial charge in [-0.25, -0.2) is 0 Å². The molecule has 0 aliphatic rings. The third kappa shape index (κ3) is 2.34. The molecule has 16 heavy (non-hydrogen) atoms. The summed E-state index contributed by atoms with van der Waals surface area (Å²) in [6.45, 7) is 0.757. The molecule has 0 amide bonds. The van der Waals surface area contributed by atoms with E-state index >= 15 is 0 Å². The Balaban J connectivity index is 2.35. The fourth-order valence-electron chi connectivity index (χ4n) is 1.90. The van der Waals surface area contributed by atoms with E-state index in [2.05, 4.69) is 11.1 Å². The number of aryl methyl sites for hydroxylation is 1. The molecule has 2 nitrogen and oxygen atoms in total. The van der Waals surface area contributed by atoms with Crippen molar-refractivity contribution in [3.8, 4) is 0 Å². The highest BCUT2D eigenvalue weighted by Gasteiger charge is 2.04.